The van der Waals surface area contributed by atoms with Gasteiger partial charge in [0, 0.05) is 51.2 Å². The maximum atomic E-state index is 13.1. The fraction of sp³-hybridized carbons (Fsp3) is 0.556. The van der Waals surface area contributed by atoms with Gasteiger partial charge in [-0.05, 0) is 18.8 Å². The number of aromatic nitrogens is 4. The van der Waals surface area contributed by atoms with Crippen molar-refractivity contribution >= 4 is 17.6 Å². The number of rotatable bonds is 5. The standard InChI is InChI=1S/C18H26N6O2/c1-14(2)12-16(25)23-9-5-18(6-10-23,24-11-7-19-13-24)17(26)20-15-4-8-22(3)21-15/h4,7-8,11,13-14H,5-6,9-10,12H2,1-3H3,(H,20,21,26). The average Bonchev–Trinajstić information content (AvgIpc) is 3.26. The second-order valence-electron chi connectivity index (χ2n) is 7.31. The Morgan fingerprint density at radius 1 is 1.27 bits per heavy atom. The van der Waals surface area contributed by atoms with Crippen molar-refractivity contribution in [2.75, 3.05) is 18.4 Å². The molecule has 2 amide bonds. The van der Waals surface area contributed by atoms with E-state index in [4.69, 9.17) is 0 Å². The molecule has 8 nitrogen and oxygen atoms in total. The number of likely N-dealkylation sites (tertiary alicyclic amines) is 1. The SMILES string of the molecule is CC(C)CC(=O)N1CCC(C(=O)Nc2ccn(C)n2)(n2ccnc2)CC1. The Morgan fingerprint density at radius 2 is 2.00 bits per heavy atom. The van der Waals surface area contributed by atoms with E-state index >= 15 is 0 Å². The summed E-state index contributed by atoms with van der Waals surface area (Å²) in [5, 5.41) is 7.14. The number of aryl methyl sites for hydroxylation is 1. The predicted octanol–water partition coefficient (Wildman–Crippen LogP) is 1.62. The van der Waals surface area contributed by atoms with Crippen molar-refractivity contribution in [3.8, 4) is 0 Å². The van der Waals surface area contributed by atoms with Crippen LogP contribution in [0.5, 0.6) is 0 Å². The summed E-state index contributed by atoms with van der Waals surface area (Å²) in [7, 11) is 1.81. The molecule has 3 rings (SSSR count). The van der Waals surface area contributed by atoms with Crippen LogP contribution in [0.2, 0.25) is 0 Å². The number of imidazole rings is 1. The Morgan fingerprint density at radius 3 is 2.54 bits per heavy atom. The summed E-state index contributed by atoms with van der Waals surface area (Å²) in [5.41, 5.74) is -0.761. The highest BCUT2D eigenvalue weighted by Crippen LogP contribution is 2.32. The topological polar surface area (TPSA) is 85.0 Å². The first-order valence-electron chi connectivity index (χ1n) is 8.98. The van der Waals surface area contributed by atoms with Gasteiger partial charge in [0.2, 0.25) is 5.91 Å². The van der Waals surface area contributed by atoms with Crippen molar-refractivity contribution in [1.82, 2.24) is 24.2 Å². The molecule has 0 atom stereocenters. The van der Waals surface area contributed by atoms with Gasteiger partial charge in [0.15, 0.2) is 5.82 Å². The van der Waals surface area contributed by atoms with E-state index in [0.717, 1.165) is 0 Å². The van der Waals surface area contributed by atoms with Crippen LogP contribution in [0.15, 0.2) is 31.0 Å². The number of nitrogens with one attached hydrogen (secondary N) is 1. The fourth-order valence-corrected chi connectivity index (χ4v) is 3.43. The highest BCUT2D eigenvalue weighted by Gasteiger charge is 2.44. The minimum Gasteiger partial charge on any atom is -0.342 e. The molecule has 0 unspecified atom stereocenters. The zero-order valence-corrected chi connectivity index (χ0v) is 15.6. The Hall–Kier alpha value is -2.64. The first kappa shape index (κ1) is 18.2. The van der Waals surface area contributed by atoms with Gasteiger partial charge in [-0.25, -0.2) is 4.98 Å². The van der Waals surface area contributed by atoms with E-state index in [1.54, 1.807) is 36.5 Å². The van der Waals surface area contributed by atoms with E-state index < -0.39 is 5.54 Å². The molecule has 1 fully saturated rings. The van der Waals surface area contributed by atoms with Crippen molar-refractivity contribution in [3.63, 3.8) is 0 Å². The second kappa shape index (κ2) is 7.31. The molecule has 1 aliphatic rings. The van der Waals surface area contributed by atoms with Crippen molar-refractivity contribution in [3.05, 3.63) is 31.0 Å². The molecule has 2 aromatic heterocycles. The highest BCUT2D eigenvalue weighted by molar-refractivity contribution is 5.96. The van der Waals surface area contributed by atoms with Crippen molar-refractivity contribution < 1.29 is 9.59 Å². The minimum atomic E-state index is -0.761. The van der Waals surface area contributed by atoms with Gasteiger partial charge in [0.05, 0.1) is 6.33 Å². The molecule has 8 heteroatoms. The number of hydrogen-bond donors (Lipinski definition) is 1. The summed E-state index contributed by atoms with van der Waals surface area (Å²) in [4.78, 5) is 31.5. The average molecular weight is 358 g/mol. The van der Waals surface area contributed by atoms with E-state index in [-0.39, 0.29) is 11.8 Å². The molecule has 0 aliphatic carbocycles. The van der Waals surface area contributed by atoms with E-state index in [0.29, 0.717) is 44.1 Å². The third-order valence-corrected chi connectivity index (χ3v) is 4.90. The van der Waals surface area contributed by atoms with Gasteiger partial charge in [-0.1, -0.05) is 13.8 Å². The minimum absolute atomic E-state index is 0.120. The van der Waals surface area contributed by atoms with Gasteiger partial charge in [-0.2, -0.15) is 5.10 Å². The number of carbonyl (C=O) groups is 2. The summed E-state index contributed by atoms with van der Waals surface area (Å²) in [6, 6.07) is 1.76. The third-order valence-electron chi connectivity index (χ3n) is 4.90. The Kier molecular flexibility index (Phi) is 5.11. The van der Waals surface area contributed by atoms with Crippen LogP contribution in [-0.4, -0.2) is 49.1 Å². The Labute approximate surface area is 153 Å². The normalized spacial score (nSPS) is 16.7. The maximum Gasteiger partial charge on any atom is 0.251 e. The number of anilines is 1. The van der Waals surface area contributed by atoms with Crippen LogP contribution in [0.4, 0.5) is 5.82 Å². The molecule has 0 saturated carbocycles. The van der Waals surface area contributed by atoms with Crippen LogP contribution in [0.1, 0.15) is 33.1 Å². The number of hydrogen-bond acceptors (Lipinski definition) is 4. The van der Waals surface area contributed by atoms with Gasteiger partial charge < -0.3 is 14.8 Å². The molecule has 1 aliphatic heterocycles. The van der Waals surface area contributed by atoms with Crippen molar-refractivity contribution in [1.29, 1.82) is 0 Å². The largest absolute Gasteiger partial charge is 0.342 e. The van der Waals surface area contributed by atoms with Crippen molar-refractivity contribution in [2.45, 2.75) is 38.6 Å². The Bertz CT molecular complexity index is 757. The highest BCUT2D eigenvalue weighted by atomic mass is 16.2. The number of nitrogens with zero attached hydrogens (tertiary/aromatic N) is 5. The number of amides is 2. The zero-order valence-electron chi connectivity index (χ0n) is 15.6. The first-order chi connectivity index (χ1) is 12.4. The number of carbonyl (C=O) groups excluding carboxylic acids is 2. The molecule has 0 spiro atoms. The molecule has 2 aromatic rings. The van der Waals surface area contributed by atoms with E-state index in [1.165, 1.54) is 0 Å². The lowest BCUT2D eigenvalue weighted by atomic mass is 9.85. The quantitative estimate of drug-likeness (QED) is 0.880. The lowest BCUT2D eigenvalue weighted by Crippen LogP contribution is -2.54. The molecule has 26 heavy (non-hydrogen) atoms. The van der Waals surface area contributed by atoms with Crippen LogP contribution in [0, 0.1) is 5.92 Å². The van der Waals surface area contributed by atoms with Crippen LogP contribution in [0.3, 0.4) is 0 Å². The second-order valence-corrected chi connectivity index (χ2v) is 7.31. The molecular formula is C18H26N6O2. The van der Waals surface area contributed by atoms with Crippen LogP contribution in [-0.2, 0) is 22.2 Å². The maximum absolute atomic E-state index is 13.1. The van der Waals surface area contributed by atoms with E-state index in [9.17, 15) is 9.59 Å². The molecule has 0 radical (unpaired) electrons. The predicted molar refractivity (Wildman–Crippen MR) is 97.3 cm³/mol. The molecule has 1 N–H and O–H groups in total. The van der Waals surface area contributed by atoms with E-state index in [2.05, 4.69) is 15.4 Å². The van der Waals surface area contributed by atoms with Crippen molar-refractivity contribution in [2.24, 2.45) is 13.0 Å². The summed E-state index contributed by atoms with van der Waals surface area (Å²) in [6.45, 7) is 5.19. The van der Waals surface area contributed by atoms with Gasteiger partial charge in [-0.3, -0.25) is 14.3 Å². The van der Waals surface area contributed by atoms with Crippen LogP contribution < -0.4 is 5.32 Å². The monoisotopic (exact) mass is 358 g/mol. The van der Waals surface area contributed by atoms with Gasteiger partial charge in [-0.15, -0.1) is 0 Å². The summed E-state index contributed by atoms with van der Waals surface area (Å²) in [5.74, 6) is 0.889. The van der Waals surface area contributed by atoms with E-state index in [1.807, 2.05) is 29.5 Å². The Balaban J connectivity index is 1.77. The molecule has 0 bridgehead atoms. The number of piperidine rings is 1. The smallest absolute Gasteiger partial charge is 0.251 e. The van der Waals surface area contributed by atoms with Gasteiger partial charge in [0.1, 0.15) is 5.54 Å². The summed E-state index contributed by atoms with van der Waals surface area (Å²) in [6.07, 6.45) is 8.57. The summed E-state index contributed by atoms with van der Waals surface area (Å²) < 4.78 is 3.50. The summed E-state index contributed by atoms with van der Waals surface area (Å²) >= 11 is 0. The molecular weight excluding hydrogens is 332 g/mol. The molecule has 3 heterocycles. The lowest BCUT2D eigenvalue weighted by molar-refractivity contribution is -0.137. The van der Waals surface area contributed by atoms with Gasteiger partial charge >= 0.3 is 0 Å². The fourth-order valence-electron chi connectivity index (χ4n) is 3.43. The first-order valence-corrected chi connectivity index (χ1v) is 8.98. The molecule has 0 aromatic carbocycles. The zero-order chi connectivity index (χ0) is 18.7. The van der Waals surface area contributed by atoms with Crippen LogP contribution in [0.25, 0.3) is 0 Å². The lowest BCUT2D eigenvalue weighted by Gasteiger charge is -2.41. The van der Waals surface area contributed by atoms with Crippen LogP contribution >= 0.6 is 0 Å². The molecule has 140 valence electrons. The van der Waals surface area contributed by atoms with Gasteiger partial charge in [0.25, 0.3) is 5.91 Å². The third kappa shape index (κ3) is 3.63. The molecule has 1 saturated heterocycles.